The molecule has 1 unspecified atom stereocenters. The molecule has 2 aromatic carbocycles. The number of nitrogens with two attached hydrogens (primary N) is 1. The Labute approximate surface area is 133 Å². The molecule has 3 rings (SSSR count). The second-order valence-corrected chi connectivity index (χ2v) is 7.33. The summed E-state index contributed by atoms with van der Waals surface area (Å²) in [6, 6.07) is 13.3. The zero-order valence-corrected chi connectivity index (χ0v) is 13.9. The first-order valence-electron chi connectivity index (χ1n) is 6.98. The van der Waals surface area contributed by atoms with Crippen molar-refractivity contribution < 1.29 is 0 Å². The first-order valence-corrected chi connectivity index (χ1v) is 8.59. The van der Waals surface area contributed by atoms with Crippen LogP contribution in [0.15, 0.2) is 50.7 Å². The van der Waals surface area contributed by atoms with Gasteiger partial charge in [-0.15, -0.1) is 0 Å². The Morgan fingerprint density at radius 1 is 1.10 bits per heavy atom. The van der Waals surface area contributed by atoms with Crippen LogP contribution in [0.25, 0.3) is 0 Å². The van der Waals surface area contributed by atoms with Crippen LogP contribution in [0.2, 0.25) is 0 Å². The fraction of sp³-hybridized carbons (Fsp3) is 0.294. The van der Waals surface area contributed by atoms with E-state index in [4.69, 9.17) is 5.73 Å². The van der Waals surface area contributed by atoms with E-state index < -0.39 is 0 Å². The SMILES string of the molecule is CC(N)c1ccc(Sc2ccc3c(c2)CCC3)c(Br)c1. The molecule has 0 amide bonds. The average Bonchev–Trinajstić information content (AvgIpc) is 2.88. The predicted molar refractivity (Wildman–Crippen MR) is 89.3 cm³/mol. The van der Waals surface area contributed by atoms with Gasteiger partial charge in [-0.25, -0.2) is 0 Å². The number of fused-ring (bicyclic) bond motifs is 1. The molecule has 0 aliphatic heterocycles. The lowest BCUT2D eigenvalue weighted by molar-refractivity contribution is 0.815. The number of hydrogen-bond donors (Lipinski definition) is 1. The fourth-order valence-corrected chi connectivity index (χ4v) is 4.14. The molecule has 3 heteroatoms. The first kappa shape index (κ1) is 14.2. The summed E-state index contributed by atoms with van der Waals surface area (Å²) in [6.45, 7) is 2.01. The van der Waals surface area contributed by atoms with Crippen LogP contribution in [0.5, 0.6) is 0 Å². The summed E-state index contributed by atoms with van der Waals surface area (Å²) in [4.78, 5) is 2.56. The van der Waals surface area contributed by atoms with Crippen LogP contribution in [0.4, 0.5) is 0 Å². The van der Waals surface area contributed by atoms with Crippen LogP contribution in [-0.4, -0.2) is 0 Å². The Balaban J connectivity index is 1.84. The monoisotopic (exact) mass is 347 g/mol. The van der Waals surface area contributed by atoms with Gasteiger partial charge in [0.1, 0.15) is 0 Å². The van der Waals surface area contributed by atoms with E-state index in [9.17, 15) is 0 Å². The maximum absolute atomic E-state index is 5.92. The Morgan fingerprint density at radius 2 is 1.90 bits per heavy atom. The summed E-state index contributed by atoms with van der Waals surface area (Å²) in [5.41, 5.74) is 10.1. The quantitative estimate of drug-likeness (QED) is 0.834. The van der Waals surface area contributed by atoms with E-state index in [1.807, 2.05) is 18.7 Å². The van der Waals surface area contributed by atoms with Crippen molar-refractivity contribution in [2.75, 3.05) is 0 Å². The third kappa shape index (κ3) is 2.95. The topological polar surface area (TPSA) is 26.0 Å². The molecule has 104 valence electrons. The Morgan fingerprint density at radius 3 is 2.65 bits per heavy atom. The van der Waals surface area contributed by atoms with Crippen LogP contribution in [0.1, 0.15) is 36.1 Å². The lowest BCUT2D eigenvalue weighted by atomic mass is 10.1. The summed E-state index contributed by atoms with van der Waals surface area (Å²) in [7, 11) is 0. The van der Waals surface area contributed by atoms with Gasteiger partial charge in [-0.05, 0) is 83.1 Å². The smallest absolute Gasteiger partial charge is 0.0318 e. The van der Waals surface area contributed by atoms with E-state index in [-0.39, 0.29) is 6.04 Å². The molecule has 0 fully saturated rings. The maximum atomic E-state index is 5.92. The van der Waals surface area contributed by atoms with Crippen molar-refractivity contribution in [1.29, 1.82) is 0 Å². The van der Waals surface area contributed by atoms with Gasteiger partial charge >= 0.3 is 0 Å². The molecule has 0 saturated heterocycles. The molecule has 2 aromatic rings. The highest BCUT2D eigenvalue weighted by molar-refractivity contribution is 9.10. The van der Waals surface area contributed by atoms with E-state index in [0.29, 0.717) is 0 Å². The van der Waals surface area contributed by atoms with E-state index >= 15 is 0 Å². The summed E-state index contributed by atoms with van der Waals surface area (Å²) in [5.74, 6) is 0. The van der Waals surface area contributed by atoms with E-state index in [1.54, 1.807) is 0 Å². The Hall–Kier alpha value is -0.770. The van der Waals surface area contributed by atoms with Crippen molar-refractivity contribution in [3.05, 3.63) is 57.6 Å². The van der Waals surface area contributed by atoms with Crippen molar-refractivity contribution >= 4 is 27.7 Å². The minimum atomic E-state index is 0.0744. The highest BCUT2D eigenvalue weighted by atomic mass is 79.9. The van der Waals surface area contributed by atoms with Crippen molar-refractivity contribution in [3.63, 3.8) is 0 Å². The minimum absolute atomic E-state index is 0.0744. The van der Waals surface area contributed by atoms with Crippen LogP contribution >= 0.6 is 27.7 Å². The van der Waals surface area contributed by atoms with Gasteiger partial charge in [-0.1, -0.05) is 23.9 Å². The molecule has 0 aromatic heterocycles. The van der Waals surface area contributed by atoms with Gasteiger partial charge in [0.2, 0.25) is 0 Å². The zero-order chi connectivity index (χ0) is 14.1. The second-order valence-electron chi connectivity index (χ2n) is 5.36. The molecule has 1 atom stereocenters. The standard InChI is InChI=1S/C17H18BrNS/c1-11(19)13-6-8-17(16(18)10-13)20-15-7-5-12-3-2-4-14(12)9-15/h5-11H,2-4,19H2,1H3. The molecule has 20 heavy (non-hydrogen) atoms. The number of benzene rings is 2. The van der Waals surface area contributed by atoms with E-state index in [1.165, 1.54) is 40.2 Å². The Kier molecular flexibility index (Phi) is 4.20. The molecule has 1 aliphatic rings. The minimum Gasteiger partial charge on any atom is -0.324 e. The largest absolute Gasteiger partial charge is 0.324 e. The predicted octanol–water partition coefficient (Wildman–Crippen LogP) is 5.11. The van der Waals surface area contributed by atoms with Crippen molar-refractivity contribution in [3.8, 4) is 0 Å². The number of aryl methyl sites for hydroxylation is 2. The van der Waals surface area contributed by atoms with Gasteiger partial charge in [0.05, 0.1) is 0 Å². The van der Waals surface area contributed by atoms with Crippen molar-refractivity contribution in [1.82, 2.24) is 0 Å². The highest BCUT2D eigenvalue weighted by Crippen LogP contribution is 2.36. The van der Waals surface area contributed by atoms with Gasteiger partial charge < -0.3 is 5.73 Å². The summed E-state index contributed by atoms with van der Waals surface area (Å²) in [6.07, 6.45) is 3.78. The molecule has 0 radical (unpaired) electrons. The molecule has 0 saturated carbocycles. The zero-order valence-electron chi connectivity index (χ0n) is 11.5. The number of halogens is 1. The van der Waals surface area contributed by atoms with E-state index in [2.05, 4.69) is 52.3 Å². The second kappa shape index (κ2) is 5.92. The Bertz CT molecular complexity index is 637. The third-order valence-corrected chi connectivity index (χ3v) is 5.76. The van der Waals surface area contributed by atoms with Gasteiger partial charge in [0, 0.05) is 20.3 Å². The summed E-state index contributed by atoms with van der Waals surface area (Å²) in [5, 5.41) is 0. The lowest BCUT2D eigenvalue weighted by Gasteiger charge is -2.10. The van der Waals surface area contributed by atoms with Crippen molar-refractivity contribution in [2.45, 2.75) is 42.0 Å². The normalized spacial score (nSPS) is 15.2. The van der Waals surface area contributed by atoms with Gasteiger partial charge in [0.25, 0.3) is 0 Å². The van der Waals surface area contributed by atoms with Crippen LogP contribution in [-0.2, 0) is 12.8 Å². The maximum Gasteiger partial charge on any atom is 0.0318 e. The summed E-state index contributed by atoms with van der Waals surface area (Å²) < 4.78 is 1.12. The molecule has 1 aliphatic carbocycles. The van der Waals surface area contributed by atoms with Gasteiger partial charge in [0.15, 0.2) is 0 Å². The molecular formula is C17H18BrNS. The first-order chi connectivity index (χ1) is 9.63. The van der Waals surface area contributed by atoms with Crippen LogP contribution in [0, 0.1) is 0 Å². The van der Waals surface area contributed by atoms with Crippen LogP contribution in [0.3, 0.4) is 0 Å². The average molecular weight is 348 g/mol. The molecule has 1 nitrogen and oxygen atoms in total. The molecule has 2 N–H and O–H groups in total. The lowest BCUT2D eigenvalue weighted by Crippen LogP contribution is -2.04. The van der Waals surface area contributed by atoms with Crippen molar-refractivity contribution in [2.24, 2.45) is 5.73 Å². The highest BCUT2D eigenvalue weighted by Gasteiger charge is 2.12. The molecule has 0 spiro atoms. The van der Waals surface area contributed by atoms with Gasteiger partial charge in [-0.3, -0.25) is 0 Å². The van der Waals surface area contributed by atoms with E-state index in [0.717, 1.165) is 10.0 Å². The fourth-order valence-electron chi connectivity index (χ4n) is 2.62. The molecular weight excluding hydrogens is 330 g/mol. The third-order valence-electron chi connectivity index (χ3n) is 3.78. The molecule has 0 heterocycles. The number of rotatable bonds is 3. The van der Waals surface area contributed by atoms with Crippen LogP contribution < -0.4 is 5.73 Å². The number of hydrogen-bond acceptors (Lipinski definition) is 2. The molecule has 0 bridgehead atoms. The van der Waals surface area contributed by atoms with Gasteiger partial charge in [-0.2, -0.15) is 0 Å². The summed E-state index contributed by atoms with van der Waals surface area (Å²) >= 11 is 5.47.